The summed E-state index contributed by atoms with van der Waals surface area (Å²) in [4.78, 5) is 6.92. The van der Waals surface area contributed by atoms with Crippen molar-refractivity contribution in [2.75, 3.05) is 10.2 Å². The molecule has 25 heavy (non-hydrogen) atoms. The van der Waals surface area contributed by atoms with E-state index < -0.39 is 0 Å². The van der Waals surface area contributed by atoms with Gasteiger partial charge in [0.1, 0.15) is 18.5 Å². The molecule has 0 saturated carbocycles. The van der Waals surface area contributed by atoms with Crippen LogP contribution in [0.5, 0.6) is 5.75 Å². The van der Waals surface area contributed by atoms with E-state index in [4.69, 9.17) is 4.74 Å². The van der Waals surface area contributed by atoms with Gasteiger partial charge in [0.05, 0.1) is 11.4 Å². The first-order valence-electron chi connectivity index (χ1n) is 8.59. The van der Waals surface area contributed by atoms with Crippen LogP contribution in [-0.4, -0.2) is 11.1 Å². The van der Waals surface area contributed by atoms with Gasteiger partial charge in [-0.1, -0.05) is 30.3 Å². The van der Waals surface area contributed by atoms with E-state index in [2.05, 4.69) is 59.4 Å². The van der Waals surface area contributed by atoms with Gasteiger partial charge in [0.2, 0.25) is 0 Å². The maximum Gasteiger partial charge on any atom is 0.158 e. The van der Waals surface area contributed by atoms with Crippen LogP contribution in [0.15, 0.2) is 54.7 Å². The van der Waals surface area contributed by atoms with Crippen molar-refractivity contribution in [3.05, 3.63) is 65.9 Å². The molecule has 0 fully saturated rings. The lowest BCUT2D eigenvalue weighted by atomic mass is 9.93. The molecule has 1 N–H and O–H groups in total. The summed E-state index contributed by atoms with van der Waals surface area (Å²) < 4.78 is 6.06. The first-order chi connectivity index (χ1) is 12.2. The third kappa shape index (κ3) is 2.03. The standard InChI is InChI=1S/C21H19N3O/c1-13-9-10-15-16-6-3-4-8-19(16)25-12-17(15)20(13)24-14(2)23-18-7-5-11-22-21(18)24/h3-11,14,23H,12H2,1-2H3/t14-/m1/s1. The van der Waals surface area contributed by atoms with E-state index >= 15 is 0 Å². The van der Waals surface area contributed by atoms with Gasteiger partial charge in [0.25, 0.3) is 0 Å². The maximum atomic E-state index is 6.06. The second kappa shape index (κ2) is 5.24. The lowest BCUT2D eigenvalue weighted by Crippen LogP contribution is -2.30. The van der Waals surface area contributed by atoms with Gasteiger partial charge in [-0.25, -0.2) is 4.98 Å². The number of anilines is 3. The molecule has 4 nitrogen and oxygen atoms in total. The molecule has 0 aliphatic carbocycles. The van der Waals surface area contributed by atoms with Crippen LogP contribution in [0.25, 0.3) is 11.1 Å². The molecular weight excluding hydrogens is 310 g/mol. The zero-order chi connectivity index (χ0) is 17.0. The number of para-hydroxylation sites is 1. The van der Waals surface area contributed by atoms with Gasteiger partial charge in [-0.3, -0.25) is 0 Å². The van der Waals surface area contributed by atoms with Gasteiger partial charge in [-0.2, -0.15) is 0 Å². The first-order valence-corrected chi connectivity index (χ1v) is 8.59. The van der Waals surface area contributed by atoms with Crippen molar-refractivity contribution in [1.29, 1.82) is 0 Å². The van der Waals surface area contributed by atoms with Gasteiger partial charge in [0.15, 0.2) is 5.82 Å². The quantitative estimate of drug-likeness (QED) is 0.692. The molecule has 0 radical (unpaired) electrons. The number of hydrogen-bond acceptors (Lipinski definition) is 4. The van der Waals surface area contributed by atoms with Crippen LogP contribution in [0.2, 0.25) is 0 Å². The Morgan fingerprint density at radius 1 is 1.08 bits per heavy atom. The van der Waals surface area contributed by atoms with Gasteiger partial charge < -0.3 is 15.0 Å². The Labute approximate surface area is 147 Å². The molecule has 3 aromatic rings. The number of pyridine rings is 1. The zero-order valence-electron chi connectivity index (χ0n) is 14.3. The van der Waals surface area contributed by atoms with Gasteiger partial charge in [0, 0.05) is 17.3 Å². The van der Waals surface area contributed by atoms with Crippen molar-refractivity contribution in [1.82, 2.24) is 4.98 Å². The fourth-order valence-corrected chi connectivity index (χ4v) is 3.93. The smallest absolute Gasteiger partial charge is 0.158 e. The first kappa shape index (κ1) is 14.3. The summed E-state index contributed by atoms with van der Waals surface area (Å²) in [7, 11) is 0. The van der Waals surface area contributed by atoms with E-state index in [0.29, 0.717) is 6.61 Å². The summed E-state index contributed by atoms with van der Waals surface area (Å²) in [6.45, 7) is 4.90. The minimum absolute atomic E-state index is 0.146. The van der Waals surface area contributed by atoms with E-state index in [0.717, 1.165) is 22.8 Å². The van der Waals surface area contributed by atoms with E-state index in [1.165, 1.54) is 22.4 Å². The molecule has 3 heterocycles. The van der Waals surface area contributed by atoms with Crippen molar-refractivity contribution < 1.29 is 4.74 Å². The normalized spacial score (nSPS) is 17.2. The highest BCUT2D eigenvalue weighted by molar-refractivity contribution is 5.87. The van der Waals surface area contributed by atoms with Crippen LogP contribution in [0.4, 0.5) is 17.2 Å². The SMILES string of the molecule is Cc1ccc2c(c1N1c3ncccc3N[C@H]1C)COc1ccccc1-2. The Kier molecular flexibility index (Phi) is 3.01. The van der Waals surface area contributed by atoms with E-state index in [-0.39, 0.29) is 6.17 Å². The number of benzene rings is 2. The summed E-state index contributed by atoms with van der Waals surface area (Å²) in [5.41, 5.74) is 7.14. The van der Waals surface area contributed by atoms with Crippen molar-refractivity contribution >= 4 is 17.2 Å². The number of rotatable bonds is 1. The Morgan fingerprint density at radius 3 is 2.88 bits per heavy atom. The topological polar surface area (TPSA) is 37.4 Å². The number of aryl methyl sites for hydroxylation is 1. The zero-order valence-corrected chi connectivity index (χ0v) is 14.3. The predicted molar refractivity (Wildman–Crippen MR) is 100 cm³/mol. The lowest BCUT2D eigenvalue weighted by molar-refractivity contribution is 0.302. The van der Waals surface area contributed by atoms with Crippen LogP contribution < -0.4 is 15.0 Å². The maximum absolute atomic E-state index is 6.06. The highest BCUT2D eigenvalue weighted by Gasteiger charge is 2.32. The summed E-state index contributed by atoms with van der Waals surface area (Å²) in [6, 6.07) is 16.7. The van der Waals surface area contributed by atoms with Crippen LogP contribution in [0, 0.1) is 6.92 Å². The monoisotopic (exact) mass is 329 g/mol. The number of fused-ring (bicyclic) bond motifs is 4. The fourth-order valence-electron chi connectivity index (χ4n) is 3.93. The van der Waals surface area contributed by atoms with Crippen molar-refractivity contribution in [2.24, 2.45) is 0 Å². The van der Waals surface area contributed by atoms with E-state index in [9.17, 15) is 0 Å². The average molecular weight is 329 g/mol. The second-order valence-electron chi connectivity index (χ2n) is 6.61. The van der Waals surface area contributed by atoms with Crippen LogP contribution in [-0.2, 0) is 6.61 Å². The van der Waals surface area contributed by atoms with Gasteiger partial charge in [-0.05, 0) is 43.2 Å². The Morgan fingerprint density at radius 2 is 1.96 bits per heavy atom. The molecule has 0 saturated heterocycles. The fraction of sp³-hybridized carbons (Fsp3) is 0.190. The van der Waals surface area contributed by atoms with E-state index in [1.54, 1.807) is 0 Å². The molecule has 0 unspecified atom stereocenters. The molecular formula is C21H19N3O. The molecule has 2 aliphatic rings. The van der Waals surface area contributed by atoms with Crippen LogP contribution in [0.3, 0.4) is 0 Å². The summed E-state index contributed by atoms with van der Waals surface area (Å²) in [5, 5.41) is 3.52. The average Bonchev–Trinajstić information content (AvgIpc) is 2.97. The van der Waals surface area contributed by atoms with E-state index in [1.807, 2.05) is 24.4 Å². The molecule has 0 bridgehead atoms. The summed E-state index contributed by atoms with van der Waals surface area (Å²) in [5.74, 6) is 1.93. The Hall–Kier alpha value is -3.01. The second-order valence-corrected chi connectivity index (χ2v) is 6.61. The summed E-state index contributed by atoms with van der Waals surface area (Å²) in [6.07, 6.45) is 1.99. The number of hydrogen-bond donors (Lipinski definition) is 1. The number of ether oxygens (including phenoxy) is 1. The number of aromatic nitrogens is 1. The molecule has 124 valence electrons. The third-order valence-electron chi connectivity index (χ3n) is 5.04. The molecule has 0 amide bonds. The van der Waals surface area contributed by atoms with Crippen molar-refractivity contribution in [2.45, 2.75) is 26.6 Å². The molecule has 4 heteroatoms. The third-order valence-corrected chi connectivity index (χ3v) is 5.04. The minimum Gasteiger partial charge on any atom is -0.488 e. The minimum atomic E-state index is 0.146. The van der Waals surface area contributed by atoms with Gasteiger partial charge in [-0.15, -0.1) is 0 Å². The molecule has 2 aliphatic heterocycles. The van der Waals surface area contributed by atoms with Crippen LogP contribution in [0.1, 0.15) is 18.1 Å². The van der Waals surface area contributed by atoms with Crippen LogP contribution >= 0.6 is 0 Å². The summed E-state index contributed by atoms with van der Waals surface area (Å²) >= 11 is 0. The van der Waals surface area contributed by atoms with Crippen molar-refractivity contribution in [3.8, 4) is 16.9 Å². The van der Waals surface area contributed by atoms with Gasteiger partial charge >= 0.3 is 0 Å². The molecule has 2 aromatic carbocycles. The highest BCUT2D eigenvalue weighted by Crippen LogP contribution is 2.47. The number of nitrogens with zero attached hydrogens (tertiary/aromatic N) is 2. The number of nitrogens with one attached hydrogen (secondary N) is 1. The Bertz CT molecular complexity index is 983. The molecule has 1 atom stereocenters. The lowest BCUT2D eigenvalue weighted by Gasteiger charge is -2.31. The van der Waals surface area contributed by atoms with Crippen molar-refractivity contribution in [3.63, 3.8) is 0 Å². The molecule has 1 aromatic heterocycles. The Balaban J connectivity index is 1.74. The molecule has 5 rings (SSSR count). The predicted octanol–water partition coefficient (Wildman–Crippen LogP) is 4.86. The molecule has 0 spiro atoms. The largest absolute Gasteiger partial charge is 0.488 e. The highest BCUT2D eigenvalue weighted by atomic mass is 16.5.